The second-order valence-corrected chi connectivity index (χ2v) is 9.92. The molecule has 2 heterocycles. The highest BCUT2D eigenvalue weighted by Gasteiger charge is 2.49. The summed E-state index contributed by atoms with van der Waals surface area (Å²) in [4.78, 5) is 33.3. The minimum atomic E-state index is -1.02. The number of Topliss-reactive ketones (excluding diaryl/α,β-unsaturated/α-hetero) is 1. The maximum atomic E-state index is 13.6. The van der Waals surface area contributed by atoms with E-state index >= 15 is 0 Å². The summed E-state index contributed by atoms with van der Waals surface area (Å²) >= 11 is 1.31. The lowest BCUT2D eigenvalue weighted by Crippen LogP contribution is -2.29. The molecule has 3 aromatic carbocycles. The number of methoxy groups -OCH3 is 3. The molecule has 1 saturated heterocycles. The van der Waals surface area contributed by atoms with Crippen LogP contribution in [0.1, 0.15) is 28.3 Å². The summed E-state index contributed by atoms with van der Waals surface area (Å²) in [6, 6.07) is 14.9. The third-order valence-electron chi connectivity index (χ3n) is 6.54. The Kier molecular flexibility index (Phi) is 6.54. The standard InChI is InChI=1S/C29H26N2O6S/c1-15-12-16(2)23-21(13-15)38-29(30-23)31-24(19-10-7-11-20(36-4)27(19)37-5)22(26(33)28(31)34)25(32)17-8-6-9-18(14-17)35-3/h6-14,24,32H,1-5H3/b25-22+. The molecule has 1 aliphatic rings. The van der Waals surface area contributed by atoms with Crippen molar-refractivity contribution >= 4 is 44.1 Å². The molecule has 8 nitrogen and oxygen atoms in total. The highest BCUT2D eigenvalue weighted by atomic mass is 32.1. The van der Waals surface area contributed by atoms with Gasteiger partial charge in [0.05, 0.1) is 37.1 Å². The number of anilines is 1. The number of thiazole rings is 1. The van der Waals surface area contributed by atoms with E-state index in [9.17, 15) is 14.7 Å². The predicted octanol–water partition coefficient (Wildman–Crippen LogP) is 5.57. The first kappa shape index (κ1) is 25.3. The molecule has 0 bridgehead atoms. The number of benzene rings is 3. The molecule has 4 aromatic rings. The Bertz CT molecular complexity index is 1620. The van der Waals surface area contributed by atoms with Crippen molar-refractivity contribution in [1.82, 2.24) is 4.98 Å². The van der Waals surface area contributed by atoms with Crippen molar-refractivity contribution in [2.45, 2.75) is 19.9 Å². The maximum absolute atomic E-state index is 13.6. The number of para-hydroxylation sites is 1. The molecule has 1 N–H and O–H groups in total. The molecule has 0 aliphatic carbocycles. The van der Waals surface area contributed by atoms with Crippen molar-refractivity contribution in [3.8, 4) is 17.2 Å². The van der Waals surface area contributed by atoms with Gasteiger partial charge in [0.15, 0.2) is 16.6 Å². The van der Waals surface area contributed by atoms with Gasteiger partial charge in [-0.15, -0.1) is 0 Å². The Hall–Kier alpha value is -4.37. The molecular formula is C29H26N2O6S. The van der Waals surface area contributed by atoms with E-state index in [0.717, 1.165) is 21.3 Å². The number of nitrogens with zero attached hydrogens (tertiary/aromatic N) is 2. The van der Waals surface area contributed by atoms with Gasteiger partial charge in [-0.25, -0.2) is 4.98 Å². The molecule has 9 heteroatoms. The molecule has 194 valence electrons. The number of aliphatic hydroxyl groups is 1. The lowest BCUT2D eigenvalue weighted by Gasteiger charge is -2.25. The monoisotopic (exact) mass is 530 g/mol. The van der Waals surface area contributed by atoms with Crippen molar-refractivity contribution in [3.63, 3.8) is 0 Å². The second-order valence-electron chi connectivity index (χ2n) is 8.91. The van der Waals surface area contributed by atoms with Crippen molar-refractivity contribution in [2.75, 3.05) is 26.2 Å². The maximum Gasteiger partial charge on any atom is 0.301 e. The van der Waals surface area contributed by atoms with Gasteiger partial charge in [-0.05, 0) is 49.2 Å². The Labute approximate surface area is 223 Å². The van der Waals surface area contributed by atoms with Crippen molar-refractivity contribution in [3.05, 3.63) is 82.4 Å². The van der Waals surface area contributed by atoms with E-state index in [0.29, 0.717) is 33.5 Å². The van der Waals surface area contributed by atoms with Crippen LogP contribution in [-0.4, -0.2) is 43.1 Å². The average molecular weight is 531 g/mol. The number of carbonyl (C=O) groups is 2. The molecule has 1 amide bonds. The number of fused-ring (bicyclic) bond motifs is 1. The topological polar surface area (TPSA) is 98.2 Å². The fraction of sp³-hybridized carbons (Fsp3) is 0.207. The normalized spacial score (nSPS) is 16.8. The number of hydrogen-bond acceptors (Lipinski definition) is 8. The smallest absolute Gasteiger partial charge is 0.301 e. The zero-order valence-corrected chi connectivity index (χ0v) is 22.4. The number of ketones is 1. The van der Waals surface area contributed by atoms with Gasteiger partial charge in [-0.1, -0.05) is 41.7 Å². The minimum absolute atomic E-state index is 0.0815. The number of aromatic nitrogens is 1. The molecule has 1 fully saturated rings. The summed E-state index contributed by atoms with van der Waals surface area (Å²) in [5.74, 6) is -0.682. The Morgan fingerprint density at radius 1 is 0.974 bits per heavy atom. The van der Waals surface area contributed by atoms with Gasteiger partial charge in [0, 0.05) is 11.1 Å². The van der Waals surface area contributed by atoms with Gasteiger partial charge in [-0.3, -0.25) is 14.5 Å². The molecule has 1 unspecified atom stereocenters. The summed E-state index contributed by atoms with van der Waals surface area (Å²) in [5.41, 5.74) is 3.51. The zero-order chi connectivity index (χ0) is 27.1. The third kappa shape index (κ3) is 4.05. The zero-order valence-electron chi connectivity index (χ0n) is 21.6. The molecule has 1 atom stereocenters. The molecular weight excluding hydrogens is 504 g/mol. The Morgan fingerprint density at radius 3 is 2.45 bits per heavy atom. The first-order valence-corrected chi connectivity index (χ1v) is 12.6. The average Bonchev–Trinajstić information content (AvgIpc) is 3.46. The van der Waals surface area contributed by atoms with Crippen LogP contribution >= 0.6 is 11.3 Å². The molecule has 5 rings (SSSR count). The van der Waals surface area contributed by atoms with Gasteiger partial charge in [-0.2, -0.15) is 0 Å². The summed E-state index contributed by atoms with van der Waals surface area (Å²) in [7, 11) is 4.50. The largest absolute Gasteiger partial charge is 0.507 e. The van der Waals surface area contributed by atoms with Crippen molar-refractivity contribution in [2.24, 2.45) is 0 Å². The number of aliphatic hydroxyl groups excluding tert-OH is 1. The van der Waals surface area contributed by atoms with E-state index in [-0.39, 0.29) is 11.3 Å². The van der Waals surface area contributed by atoms with Crippen LogP contribution in [0.3, 0.4) is 0 Å². The number of ether oxygens (including phenoxy) is 3. The van der Waals surface area contributed by atoms with E-state index < -0.39 is 17.7 Å². The Balaban J connectivity index is 1.80. The van der Waals surface area contributed by atoms with E-state index in [1.165, 1.54) is 37.6 Å². The molecule has 0 spiro atoms. The van der Waals surface area contributed by atoms with E-state index in [1.807, 2.05) is 26.0 Å². The van der Waals surface area contributed by atoms with Gasteiger partial charge < -0.3 is 19.3 Å². The van der Waals surface area contributed by atoms with E-state index in [2.05, 4.69) is 0 Å². The lowest BCUT2D eigenvalue weighted by molar-refractivity contribution is -0.132. The van der Waals surface area contributed by atoms with Crippen LogP contribution in [0, 0.1) is 13.8 Å². The fourth-order valence-corrected chi connectivity index (χ4v) is 6.01. The van der Waals surface area contributed by atoms with Crippen molar-refractivity contribution < 1.29 is 28.9 Å². The van der Waals surface area contributed by atoms with Crippen LogP contribution in [0.15, 0.2) is 60.2 Å². The molecule has 1 aliphatic heterocycles. The first-order chi connectivity index (χ1) is 18.3. The lowest BCUT2D eigenvalue weighted by atomic mass is 9.94. The molecule has 38 heavy (non-hydrogen) atoms. The van der Waals surface area contributed by atoms with Crippen LogP contribution in [0.4, 0.5) is 5.13 Å². The van der Waals surface area contributed by atoms with E-state index in [4.69, 9.17) is 19.2 Å². The summed E-state index contributed by atoms with van der Waals surface area (Å²) in [5, 5.41) is 11.8. The van der Waals surface area contributed by atoms with Gasteiger partial charge in [0.25, 0.3) is 5.78 Å². The highest BCUT2D eigenvalue weighted by Crippen LogP contribution is 2.48. The summed E-state index contributed by atoms with van der Waals surface area (Å²) < 4.78 is 17.4. The van der Waals surface area contributed by atoms with Crippen LogP contribution in [0.25, 0.3) is 16.0 Å². The van der Waals surface area contributed by atoms with Crippen molar-refractivity contribution in [1.29, 1.82) is 0 Å². The fourth-order valence-electron chi connectivity index (χ4n) is 4.84. The summed E-state index contributed by atoms with van der Waals surface area (Å²) in [6.45, 7) is 3.95. The quantitative estimate of drug-likeness (QED) is 0.198. The second kappa shape index (κ2) is 9.83. The summed E-state index contributed by atoms with van der Waals surface area (Å²) in [6.07, 6.45) is 0. The van der Waals surface area contributed by atoms with Crippen LogP contribution in [0.2, 0.25) is 0 Å². The third-order valence-corrected chi connectivity index (χ3v) is 7.54. The highest BCUT2D eigenvalue weighted by molar-refractivity contribution is 7.22. The van der Waals surface area contributed by atoms with Gasteiger partial charge in [0.1, 0.15) is 17.6 Å². The van der Waals surface area contributed by atoms with Gasteiger partial charge in [0.2, 0.25) is 0 Å². The number of aryl methyl sites for hydroxylation is 2. The first-order valence-electron chi connectivity index (χ1n) is 11.8. The van der Waals surface area contributed by atoms with Crippen LogP contribution in [-0.2, 0) is 9.59 Å². The molecule has 1 aromatic heterocycles. The number of rotatable bonds is 6. The Morgan fingerprint density at radius 2 is 1.74 bits per heavy atom. The minimum Gasteiger partial charge on any atom is -0.507 e. The number of carbonyl (C=O) groups excluding carboxylic acids is 2. The predicted molar refractivity (Wildman–Crippen MR) is 146 cm³/mol. The van der Waals surface area contributed by atoms with E-state index in [1.54, 1.807) is 42.5 Å². The van der Waals surface area contributed by atoms with Gasteiger partial charge >= 0.3 is 5.91 Å². The SMILES string of the molecule is COc1cccc(/C(O)=C2\C(=O)C(=O)N(c3nc4c(C)cc(C)cc4s3)C2c2cccc(OC)c2OC)c1. The van der Waals surface area contributed by atoms with Crippen LogP contribution < -0.4 is 19.1 Å². The van der Waals surface area contributed by atoms with Crippen LogP contribution in [0.5, 0.6) is 17.2 Å². The molecule has 0 saturated carbocycles. The number of amides is 1. The molecule has 0 radical (unpaired) electrons. The number of hydrogen-bond donors (Lipinski definition) is 1.